The van der Waals surface area contributed by atoms with Gasteiger partial charge in [0.05, 0.1) is 12.2 Å². The van der Waals surface area contributed by atoms with E-state index in [0.29, 0.717) is 21.2 Å². The van der Waals surface area contributed by atoms with Crippen molar-refractivity contribution in [2.24, 2.45) is 0 Å². The monoisotopic (exact) mass is 359 g/mol. The summed E-state index contributed by atoms with van der Waals surface area (Å²) in [5.74, 6) is -1.03. The summed E-state index contributed by atoms with van der Waals surface area (Å²) in [6, 6.07) is 6.71. The molecule has 0 bridgehead atoms. The van der Waals surface area contributed by atoms with Gasteiger partial charge in [-0.05, 0) is 31.2 Å². The lowest BCUT2D eigenvalue weighted by Crippen LogP contribution is -2.21. The highest BCUT2D eigenvalue weighted by Crippen LogP contribution is 2.16. The minimum Gasteiger partial charge on any atom is -0.388 e. The van der Waals surface area contributed by atoms with Crippen molar-refractivity contribution in [2.45, 2.75) is 13.5 Å². The van der Waals surface area contributed by atoms with Gasteiger partial charge in [-0.2, -0.15) is 14.3 Å². The second kappa shape index (κ2) is 5.74. The highest BCUT2D eigenvalue weighted by molar-refractivity contribution is 7.16. The lowest BCUT2D eigenvalue weighted by Gasteiger charge is -1.98. The van der Waals surface area contributed by atoms with E-state index in [0.717, 1.165) is 4.68 Å². The van der Waals surface area contributed by atoms with Crippen LogP contribution in [0.5, 0.6) is 0 Å². The van der Waals surface area contributed by atoms with Crippen LogP contribution >= 0.6 is 11.3 Å². The number of fused-ring (bicyclic) bond motifs is 1. The van der Waals surface area contributed by atoms with Gasteiger partial charge in [-0.25, -0.2) is 14.2 Å². The van der Waals surface area contributed by atoms with Crippen molar-refractivity contribution in [1.29, 1.82) is 0 Å². The summed E-state index contributed by atoms with van der Waals surface area (Å²) >= 11 is 1.27. The Morgan fingerprint density at radius 1 is 1.20 bits per heavy atom. The molecule has 3 heterocycles. The van der Waals surface area contributed by atoms with E-state index in [4.69, 9.17) is 4.42 Å². The zero-order valence-electron chi connectivity index (χ0n) is 12.8. The Morgan fingerprint density at radius 2 is 1.96 bits per heavy atom. The predicted octanol–water partition coefficient (Wildman–Crippen LogP) is 1.46. The first-order chi connectivity index (χ1) is 12.0. The fourth-order valence-electron chi connectivity index (χ4n) is 2.30. The SMILES string of the molecule is Cc1nn2c(=O)cc(Cn3nc(-c4ccc(F)cc4)oc3=O)nc2s1. The number of hydrogen-bond acceptors (Lipinski definition) is 7. The van der Waals surface area contributed by atoms with Gasteiger partial charge in [0.25, 0.3) is 5.56 Å². The third-order valence-electron chi connectivity index (χ3n) is 3.41. The van der Waals surface area contributed by atoms with Crippen LogP contribution in [0.2, 0.25) is 0 Å². The second-order valence-electron chi connectivity index (χ2n) is 5.24. The van der Waals surface area contributed by atoms with Crippen LogP contribution in [-0.2, 0) is 6.54 Å². The second-order valence-corrected chi connectivity index (χ2v) is 6.40. The summed E-state index contributed by atoms with van der Waals surface area (Å²) < 4.78 is 20.3. The van der Waals surface area contributed by atoms with Gasteiger partial charge in [0.2, 0.25) is 10.9 Å². The van der Waals surface area contributed by atoms with Crippen LogP contribution in [0.25, 0.3) is 16.4 Å². The molecular formula is C15H10FN5O3S. The average molecular weight is 359 g/mol. The molecule has 126 valence electrons. The Bertz CT molecular complexity index is 1190. The smallest absolute Gasteiger partial charge is 0.388 e. The van der Waals surface area contributed by atoms with Crippen molar-refractivity contribution in [1.82, 2.24) is 24.4 Å². The Kier molecular flexibility index (Phi) is 3.53. The number of aryl methyl sites for hydroxylation is 1. The topological polar surface area (TPSA) is 95.3 Å². The number of rotatable bonds is 3. The molecule has 0 aliphatic rings. The van der Waals surface area contributed by atoms with Gasteiger partial charge in [0, 0.05) is 11.6 Å². The number of aromatic nitrogens is 5. The van der Waals surface area contributed by atoms with Gasteiger partial charge in [0.15, 0.2) is 0 Å². The molecule has 0 aliphatic carbocycles. The van der Waals surface area contributed by atoms with Gasteiger partial charge >= 0.3 is 5.76 Å². The lowest BCUT2D eigenvalue weighted by molar-refractivity contribution is 0.493. The molecule has 0 fully saturated rings. The summed E-state index contributed by atoms with van der Waals surface area (Å²) in [6.45, 7) is 1.75. The maximum atomic E-state index is 13.0. The summed E-state index contributed by atoms with van der Waals surface area (Å²) in [6.07, 6.45) is 0. The van der Waals surface area contributed by atoms with Crippen molar-refractivity contribution in [3.05, 3.63) is 67.8 Å². The first-order valence-corrected chi connectivity index (χ1v) is 8.01. The first kappa shape index (κ1) is 15.4. The van der Waals surface area contributed by atoms with Crippen molar-refractivity contribution >= 4 is 16.3 Å². The molecule has 0 atom stereocenters. The normalized spacial score (nSPS) is 11.3. The van der Waals surface area contributed by atoms with E-state index < -0.39 is 11.6 Å². The van der Waals surface area contributed by atoms with E-state index in [-0.39, 0.29) is 18.0 Å². The fraction of sp³-hybridized carbons (Fsp3) is 0.133. The van der Waals surface area contributed by atoms with Crippen molar-refractivity contribution < 1.29 is 8.81 Å². The van der Waals surface area contributed by atoms with E-state index in [1.54, 1.807) is 6.92 Å². The Balaban J connectivity index is 1.70. The maximum absolute atomic E-state index is 13.0. The van der Waals surface area contributed by atoms with Crippen LogP contribution in [0.4, 0.5) is 4.39 Å². The van der Waals surface area contributed by atoms with E-state index in [1.807, 2.05) is 0 Å². The standard InChI is InChI=1S/C15H10FN5O3S/c1-8-18-21-12(22)6-11(17-14(21)25-8)7-20-15(23)24-13(19-20)9-2-4-10(16)5-3-9/h2-6H,7H2,1H3. The largest absolute Gasteiger partial charge is 0.437 e. The predicted molar refractivity (Wildman–Crippen MR) is 87.1 cm³/mol. The Hall–Kier alpha value is -3.14. The molecule has 0 saturated carbocycles. The molecule has 8 nitrogen and oxygen atoms in total. The Morgan fingerprint density at radius 3 is 2.72 bits per heavy atom. The lowest BCUT2D eigenvalue weighted by atomic mass is 10.2. The van der Waals surface area contributed by atoms with E-state index in [1.165, 1.54) is 46.2 Å². The molecule has 0 N–H and O–H groups in total. The van der Waals surface area contributed by atoms with Gasteiger partial charge in [-0.1, -0.05) is 11.3 Å². The zero-order chi connectivity index (χ0) is 17.6. The molecule has 0 aliphatic heterocycles. The third kappa shape index (κ3) is 2.87. The van der Waals surface area contributed by atoms with Crippen LogP contribution in [0.3, 0.4) is 0 Å². The summed E-state index contributed by atoms with van der Waals surface area (Å²) in [4.78, 5) is 28.8. The van der Waals surface area contributed by atoms with E-state index in [9.17, 15) is 14.0 Å². The highest BCUT2D eigenvalue weighted by atomic mass is 32.1. The molecular weight excluding hydrogens is 349 g/mol. The van der Waals surface area contributed by atoms with Gasteiger partial charge < -0.3 is 4.42 Å². The van der Waals surface area contributed by atoms with Gasteiger partial charge in [-0.3, -0.25) is 4.79 Å². The Labute approximate surface area is 142 Å². The van der Waals surface area contributed by atoms with Crippen LogP contribution < -0.4 is 11.3 Å². The first-order valence-electron chi connectivity index (χ1n) is 7.20. The molecule has 0 saturated heterocycles. The molecule has 1 aromatic carbocycles. The van der Waals surface area contributed by atoms with Crippen LogP contribution in [0.15, 0.2) is 44.3 Å². The summed E-state index contributed by atoms with van der Waals surface area (Å²) in [7, 11) is 0. The van der Waals surface area contributed by atoms with Crippen LogP contribution in [0.1, 0.15) is 10.7 Å². The van der Waals surface area contributed by atoms with Crippen LogP contribution in [-0.4, -0.2) is 24.4 Å². The minimum atomic E-state index is -0.693. The van der Waals surface area contributed by atoms with Crippen molar-refractivity contribution in [2.75, 3.05) is 0 Å². The van der Waals surface area contributed by atoms with Gasteiger partial charge in [0.1, 0.15) is 10.8 Å². The molecule has 0 spiro atoms. The third-order valence-corrected chi connectivity index (χ3v) is 4.23. The summed E-state index contributed by atoms with van der Waals surface area (Å²) in [5, 5.41) is 8.84. The average Bonchev–Trinajstić information content (AvgIpc) is 3.11. The van der Waals surface area contributed by atoms with E-state index in [2.05, 4.69) is 15.2 Å². The van der Waals surface area contributed by atoms with Crippen molar-refractivity contribution in [3.8, 4) is 11.5 Å². The molecule has 0 radical (unpaired) electrons. The fourth-order valence-corrected chi connectivity index (χ4v) is 3.07. The van der Waals surface area contributed by atoms with Gasteiger partial charge in [-0.15, -0.1) is 5.10 Å². The quantitative estimate of drug-likeness (QED) is 0.550. The molecule has 3 aromatic heterocycles. The number of hydrogen-bond donors (Lipinski definition) is 0. The maximum Gasteiger partial charge on any atom is 0.437 e. The number of benzene rings is 1. The molecule has 25 heavy (non-hydrogen) atoms. The molecule has 4 rings (SSSR count). The van der Waals surface area contributed by atoms with Crippen LogP contribution in [0, 0.1) is 12.7 Å². The molecule has 4 aromatic rings. The molecule has 10 heteroatoms. The number of nitrogens with zero attached hydrogens (tertiary/aromatic N) is 5. The zero-order valence-corrected chi connectivity index (χ0v) is 13.7. The number of halogens is 1. The summed E-state index contributed by atoms with van der Waals surface area (Å²) in [5.41, 5.74) is 0.508. The minimum absolute atomic E-state index is 0.0216. The van der Waals surface area contributed by atoms with E-state index >= 15 is 0 Å². The highest BCUT2D eigenvalue weighted by Gasteiger charge is 2.13. The van der Waals surface area contributed by atoms with Crippen molar-refractivity contribution in [3.63, 3.8) is 0 Å². The molecule has 0 unspecified atom stereocenters. The molecule has 0 amide bonds.